The van der Waals surface area contributed by atoms with Gasteiger partial charge in [-0.05, 0) is 46.4 Å². The van der Waals surface area contributed by atoms with Crippen molar-refractivity contribution < 1.29 is 9.84 Å². The lowest BCUT2D eigenvalue weighted by molar-refractivity contribution is 0.233. The smallest absolute Gasteiger partial charge is 0.119 e. The number of aliphatic hydroxyl groups is 1. The van der Waals surface area contributed by atoms with Gasteiger partial charge in [0, 0.05) is 18.9 Å². The molecular weight excluding hydrogens is 368 g/mol. The number of hydrogen-bond acceptors (Lipinski definition) is 2. The van der Waals surface area contributed by atoms with Crippen LogP contribution in [0.5, 0.6) is 5.75 Å². The molecule has 3 rings (SSSR count). The van der Waals surface area contributed by atoms with Crippen LogP contribution in [0.4, 0.5) is 0 Å². The summed E-state index contributed by atoms with van der Waals surface area (Å²) in [6, 6.07) is 29.0. The molecular formula is C25H25ClO2. The maximum atomic E-state index is 8.91. The summed E-state index contributed by atoms with van der Waals surface area (Å²) in [4.78, 5) is 0. The van der Waals surface area contributed by atoms with Crippen molar-refractivity contribution in [3.05, 3.63) is 102 Å². The Morgan fingerprint density at radius 3 is 1.89 bits per heavy atom. The van der Waals surface area contributed by atoms with Gasteiger partial charge in [-0.3, -0.25) is 0 Å². The molecule has 3 aromatic rings. The average Bonchev–Trinajstić information content (AvgIpc) is 2.76. The van der Waals surface area contributed by atoms with Crippen LogP contribution >= 0.6 is 11.6 Å². The van der Waals surface area contributed by atoms with E-state index < -0.39 is 0 Å². The summed E-state index contributed by atoms with van der Waals surface area (Å²) in [6.45, 7) is 0.649. The van der Waals surface area contributed by atoms with Crippen LogP contribution in [0.3, 0.4) is 0 Å². The largest absolute Gasteiger partial charge is 0.494 e. The second-order valence-corrected chi connectivity index (χ2v) is 6.85. The molecule has 28 heavy (non-hydrogen) atoms. The van der Waals surface area contributed by atoms with Gasteiger partial charge in [-0.1, -0.05) is 72.8 Å². The van der Waals surface area contributed by atoms with Crippen molar-refractivity contribution >= 4 is 22.7 Å². The number of halogens is 1. The van der Waals surface area contributed by atoms with Crippen molar-refractivity contribution in [3.63, 3.8) is 0 Å². The second kappa shape index (κ2) is 10.7. The third kappa shape index (κ3) is 5.25. The van der Waals surface area contributed by atoms with Crippen LogP contribution in [0.2, 0.25) is 0 Å². The van der Waals surface area contributed by atoms with E-state index in [1.165, 1.54) is 22.3 Å². The first-order valence-electron chi connectivity index (χ1n) is 9.57. The number of ether oxygens (including phenoxy) is 1. The molecule has 0 fully saturated rings. The Bertz CT molecular complexity index is 871. The molecule has 144 valence electrons. The lowest BCUT2D eigenvalue weighted by Crippen LogP contribution is -2.00. The standard InChI is InChI=1S/C25H25ClO2/c26-17-16-24(20-8-3-1-4-9-20)25(21-10-5-2-6-11-21)22-12-14-23(15-13-22)28-19-7-18-27/h1-6,8-15,27H,7,16-19H2/b25-24+. The monoisotopic (exact) mass is 392 g/mol. The molecule has 3 aromatic carbocycles. The van der Waals surface area contributed by atoms with Gasteiger partial charge < -0.3 is 9.84 Å². The summed E-state index contributed by atoms with van der Waals surface area (Å²) in [5.41, 5.74) is 5.90. The van der Waals surface area contributed by atoms with E-state index in [9.17, 15) is 0 Å². The topological polar surface area (TPSA) is 29.5 Å². The molecule has 1 N–H and O–H groups in total. The van der Waals surface area contributed by atoms with Gasteiger partial charge in [0.1, 0.15) is 5.75 Å². The third-order valence-electron chi connectivity index (χ3n) is 4.55. The molecule has 0 aromatic heterocycles. The number of alkyl halides is 1. The molecule has 0 aliphatic rings. The minimum absolute atomic E-state index is 0.137. The summed E-state index contributed by atoms with van der Waals surface area (Å²) in [7, 11) is 0. The zero-order chi connectivity index (χ0) is 19.6. The normalized spacial score (nSPS) is 11.8. The maximum Gasteiger partial charge on any atom is 0.119 e. The first-order chi connectivity index (χ1) is 13.8. The minimum Gasteiger partial charge on any atom is -0.494 e. The van der Waals surface area contributed by atoms with E-state index >= 15 is 0 Å². The van der Waals surface area contributed by atoms with Crippen LogP contribution < -0.4 is 4.74 Å². The number of hydrogen-bond donors (Lipinski definition) is 1. The zero-order valence-corrected chi connectivity index (χ0v) is 16.6. The quantitative estimate of drug-likeness (QED) is 0.273. The SMILES string of the molecule is OCCCOc1ccc(/C(=C(\CCCl)c2ccccc2)c2ccccc2)cc1. The van der Waals surface area contributed by atoms with Gasteiger partial charge in [-0.2, -0.15) is 0 Å². The van der Waals surface area contributed by atoms with Crippen LogP contribution in [-0.2, 0) is 0 Å². The molecule has 0 aliphatic heterocycles. The van der Waals surface area contributed by atoms with Crippen molar-refractivity contribution in [2.45, 2.75) is 12.8 Å². The molecule has 0 amide bonds. The lowest BCUT2D eigenvalue weighted by atomic mass is 9.88. The predicted octanol–water partition coefficient (Wildman–Crippen LogP) is 6.04. The molecule has 0 spiro atoms. The number of allylic oxidation sites excluding steroid dienone is 1. The Balaban J connectivity index is 2.07. The van der Waals surface area contributed by atoms with Crippen LogP contribution in [0.15, 0.2) is 84.9 Å². The van der Waals surface area contributed by atoms with Crippen LogP contribution in [0.25, 0.3) is 11.1 Å². The highest BCUT2D eigenvalue weighted by molar-refractivity contribution is 6.18. The van der Waals surface area contributed by atoms with Crippen LogP contribution in [0, 0.1) is 0 Å². The molecule has 0 heterocycles. The van der Waals surface area contributed by atoms with Crippen molar-refractivity contribution in [1.82, 2.24) is 0 Å². The van der Waals surface area contributed by atoms with Crippen molar-refractivity contribution in [2.24, 2.45) is 0 Å². The van der Waals surface area contributed by atoms with Gasteiger partial charge in [0.05, 0.1) is 6.61 Å². The molecule has 0 bridgehead atoms. The van der Waals surface area contributed by atoms with Crippen molar-refractivity contribution in [2.75, 3.05) is 19.1 Å². The van der Waals surface area contributed by atoms with E-state index in [1.54, 1.807) is 0 Å². The second-order valence-electron chi connectivity index (χ2n) is 6.47. The van der Waals surface area contributed by atoms with E-state index in [4.69, 9.17) is 21.4 Å². The number of rotatable bonds is 9. The summed E-state index contributed by atoms with van der Waals surface area (Å²) >= 11 is 6.19. The summed E-state index contributed by atoms with van der Waals surface area (Å²) in [5.74, 6) is 1.37. The van der Waals surface area contributed by atoms with E-state index in [2.05, 4.69) is 60.7 Å². The maximum absolute atomic E-state index is 8.91. The lowest BCUT2D eigenvalue weighted by Gasteiger charge is -2.17. The van der Waals surface area contributed by atoms with Crippen molar-refractivity contribution in [1.29, 1.82) is 0 Å². The highest BCUT2D eigenvalue weighted by atomic mass is 35.5. The molecule has 0 atom stereocenters. The fourth-order valence-electron chi connectivity index (χ4n) is 3.24. The molecule has 0 radical (unpaired) electrons. The van der Waals surface area contributed by atoms with E-state index in [-0.39, 0.29) is 6.61 Å². The zero-order valence-electron chi connectivity index (χ0n) is 15.9. The first kappa shape index (κ1) is 20.2. The Morgan fingerprint density at radius 2 is 1.32 bits per heavy atom. The molecule has 3 heteroatoms. The van der Waals surface area contributed by atoms with Crippen LogP contribution in [-0.4, -0.2) is 24.2 Å². The van der Waals surface area contributed by atoms with Gasteiger partial charge in [-0.25, -0.2) is 0 Å². The average molecular weight is 393 g/mol. The predicted molar refractivity (Wildman–Crippen MR) is 118 cm³/mol. The van der Waals surface area contributed by atoms with Gasteiger partial charge in [0.25, 0.3) is 0 Å². The third-order valence-corrected chi connectivity index (χ3v) is 4.73. The Kier molecular flexibility index (Phi) is 7.71. The Morgan fingerprint density at radius 1 is 0.750 bits per heavy atom. The highest BCUT2D eigenvalue weighted by Crippen LogP contribution is 2.35. The van der Waals surface area contributed by atoms with Crippen LogP contribution in [0.1, 0.15) is 29.5 Å². The van der Waals surface area contributed by atoms with Gasteiger partial charge >= 0.3 is 0 Å². The van der Waals surface area contributed by atoms with Gasteiger partial charge in [-0.15, -0.1) is 11.6 Å². The summed E-state index contributed by atoms with van der Waals surface area (Å²) in [6.07, 6.45) is 1.41. The van der Waals surface area contributed by atoms with E-state index in [0.29, 0.717) is 18.9 Å². The molecule has 2 nitrogen and oxygen atoms in total. The summed E-state index contributed by atoms with van der Waals surface area (Å²) in [5, 5.41) is 8.91. The fraction of sp³-hybridized carbons (Fsp3) is 0.200. The summed E-state index contributed by atoms with van der Waals surface area (Å²) < 4.78 is 5.68. The molecule has 0 unspecified atom stereocenters. The molecule has 0 saturated carbocycles. The minimum atomic E-state index is 0.137. The Hall–Kier alpha value is -2.55. The number of aliphatic hydroxyl groups excluding tert-OH is 1. The van der Waals surface area contributed by atoms with Gasteiger partial charge in [0.15, 0.2) is 0 Å². The molecule has 0 aliphatic carbocycles. The Labute approximate surface area is 172 Å². The highest BCUT2D eigenvalue weighted by Gasteiger charge is 2.14. The first-order valence-corrected chi connectivity index (χ1v) is 10.1. The number of benzene rings is 3. The molecule has 0 saturated heterocycles. The van der Waals surface area contributed by atoms with Crippen molar-refractivity contribution in [3.8, 4) is 5.75 Å². The van der Waals surface area contributed by atoms with Gasteiger partial charge in [0.2, 0.25) is 0 Å². The fourth-order valence-corrected chi connectivity index (χ4v) is 3.43. The van der Waals surface area contributed by atoms with E-state index in [1.807, 2.05) is 24.3 Å². The van der Waals surface area contributed by atoms with E-state index in [0.717, 1.165) is 17.7 Å².